The van der Waals surface area contributed by atoms with Crippen LogP contribution in [0.2, 0.25) is 0 Å². The van der Waals surface area contributed by atoms with Gasteiger partial charge in [-0.05, 0) is 45.8 Å². The Hall–Kier alpha value is -2.21. The summed E-state index contributed by atoms with van der Waals surface area (Å²) in [4.78, 5) is 16.8. The molecule has 2 heterocycles. The minimum Gasteiger partial charge on any atom is -0.342 e. The van der Waals surface area contributed by atoms with E-state index in [-0.39, 0.29) is 11.8 Å². The van der Waals surface area contributed by atoms with Crippen LogP contribution in [0.15, 0.2) is 24.3 Å². The highest BCUT2D eigenvalue weighted by molar-refractivity contribution is 5.76. The van der Waals surface area contributed by atoms with Gasteiger partial charge in [-0.15, -0.1) is 10.2 Å². The zero-order chi connectivity index (χ0) is 19.4. The van der Waals surface area contributed by atoms with E-state index in [2.05, 4.69) is 50.9 Å². The maximum atomic E-state index is 12.7. The summed E-state index contributed by atoms with van der Waals surface area (Å²) < 4.78 is 2.10. The molecule has 0 saturated carbocycles. The lowest BCUT2D eigenvalue weighted by Crippen LogP contribution is -2.39. The van der Waals surface area contributed by atoms with Gasteiger partial charge in [-0.2, -0.15) is 0 Å². The fraction of sp³-hybridized carbons (Fsp3) is 0.571. The largest absolute Gasteiger partial charge is 0.342 e. The van der Waals surface area contributed by atoms with Gasteiger partial charge in [0.25, 0.3) is 0 Å². The van der Waals surface area contributed by atoms with Gasteiger partial charge in [0.2, 0.25) is 5.91 Å². The number of rotatable bonds is 6. The van der Waals surface area contributed by atoms with Crippen molar-refractivity contribution in [2.45, 2.75) is 45.1 Å². The molecular formula is C21H31N5O. The van der Waals surface area contributed by atoms with Crippen LogP contribution in [0.5, 0.6) is 0 Å². The monoisotopic (exact) mass is 369 g/mol. The number of nitrogens with zero attached hydrogens (tertiary/aromatic N) is 5. The molecule has 1 aromatic heterocycles. The molecule has 3 rings (SSSR count). The summed E-state index contributed by atoms with van der Waals surface area (Å²) in [5.41, 5.74) is 2.48. The topological polar surface area (TPSA) is 54.3 Å². The Morgan fingerprint density at radius 1 is 1.22 bits per heavy atom. The van der Waals surface area contributed by atoms with Gasteiger partial charge in [0.15, 0.2) is 0 Å². The summed E-state index contributed by atoms with van der Waals surface area (Å²) in [5, 5.41) is 8.79. The van der Waals surface area contributed by atoms with Crippen LogP contribution in [0.25, 0.3) is 0 Å². The average Bonchev–Trinajstić information content (AvgIpc) is 3.01. The number of carbonyl (C=O) groups excluding carboxylic acids is 1. The summed E-state index contributed by atoms with van der Waals surface area (Å²) in [5.74, 6) is 2.49. The van der Waals surface area contributed by atoms with E-state index in [1.54, 1.807) is 0 Å². The quantitative estimate of drug-likeness (QED) is 0.785. The number of aromatic nitrogens is 3. The molecular weight excluding hydrogens is 338 g/mol. The lowest BCUT2D eigenvalue weighted by Gasteiger charge is -2.32. The van der Waals surface area contributed by atoms with Crippen molar-refractivity contribution in [3.05, 3.63) is 47.0 Å². The Morgan fingerprint density at radius 2 is 1.96 bits per heavy atom. The van der Waals surface area contributed by atoms with Gasteiger partial charge in [-0.3, -0.25) is 4.79 Å². The number of aryl methyl sites for hydroxylation is 2. The molecule has 27 heavy (non-hydrogen) atoms. The molecule has 1 aliphatic rings. The maximum absolute atomic E-state index is 12.7. The first kappa shape index (κ1) is 19.5. The zero-order valence-electron chi connectivity index (χ0n) is 17.0. The fourth-order valence-corrected chi connectivity index (χ4v) is 3.73. The summed E-state index contributed by atoms with van der Waals surface area (Å²) in [6.07, 6.45) is 3.46. The molecule has 0 spiro atoms. The van der Waals surface area contributed by atoms with Crippen LogP contribution in [-0.2, 0) is 24.8 Å². The van der Waals surface area contributed by atoms with Crippen molar-refractivity contribution in [2.75, 3.05) is 27.2 Å². The third kappa shape index (κ3) is 4.95. The standard InChI is InChI=1S/C21H31N5O/c1-16-7-9-17(10-8-16)11-12-20(27)26-13-5-6-18(14-26)21-23-22-19(25(21)4)15-24(2)3/h7-10,18H,5-6,11-15H2,1-4H3. The normalized spacial score (nSPS) is 17.5. The predicted octanol–water partition coefficient (Wildman–Crippen LogP) is 2.52. The van der Waals surface area contributed by atoms with Crippen molar-refractivity contribution < 1.29 is 4.79 Å². The van der Waals surface area contributed by atoms with Crippen molar-refractivity contribution in [1.29, 1.82) is 0 Å². The van der Waals surface area contributed by atoms with E-state index >= 15 is 0 Å². The summed E-state index contributed by atoms with van der Waals surface area (Å²) in [6.45, 7) is 4.46. The Kier molecular flexibility index (Phi) is 6.26. The Bertz CT molecular complexity index is 765. The molecule has 1 amide bonds. The molecule has 0 radical (unpaired) electrons. The van der Waals surface area contributed by atoms with Gasteiger partial charge < -0.3 is 14.4 Å². The van der Waals surface area contributed by atoms with Gasteiger partial charge in [0.05, 0.1) is 6.54 Å². The molecule has 6 heteroatoms. The van der Waals surface area contributed by atoms with Crippen LogP contribution < -0.4 is 0 Å². The van der Waals surface area contributed by atoms with E-state index in [0.717, 1.165) is 50.5 Å². The van der Waals surface area contributed by atoms with Crippen LogP contribution in [0, 0.1) is 6.92 Å². The van der Waals surface area contributed by atoms with Crippen LogP contribution in [0.4, 0.5) is 0 Å². The first-order chi connectivity index (χ1) is 12.9. The van der Waals surface area contributed by atoms with Gasteiger partial charge in [0, 0.05) is 32.5 Å². The fourth-order valence-electron chi connectivity index (χ4n) is 3.73. The van der Waals surface area contributed by atoms with E-state index in [9.17, 15) is 4.79 Å². The SMILES string of the molecule is Cc1ccc(CCC(=O)N2CCCC(c3nnc(CN(C)C)n3C)C2)cc1. The van der Waals surface area contributed by atoms with E-state index in [4.69, 9.17) is 0 Å². The number of hydrogen-bond acceptors (Lipinski definition) is 4. The van der Waals surface area contributed by atoms with Crippen molar-refractivity contribution in [1.82, 2.24) is 24.6 Å². The molecule has 1 saturated heterocycles. The molecule has 1 atom stereocenters. The lowest BCUT2D eigenvalue weighted by molar-refractivity contribution is -0.132. The van der Waals surface area contributed by atoms with Gasteiger partial charge in [-0.1, -0.05) is 29.8 Å². The molecule has 2 aromatic rings. The second kappa shape index (κ2) is 8.65. The van der Waals surface area contributed by atoms with Gasteiger partial charge >= 0.3 is 0 Å². The van der Waals surface area contributed by atoms with Crippen molar-refractivity contribution >= 4 is 5.91 Å². The number of piperidine rings is 1. The van der Waals surface area contributed by atoms with E-state index < -0.39 is 0 Å². The van der Waals surface area contributed by atoms with Crippen molar-refractivity contribution in [2.24, 2.45) is 7.05 Å². The summed E-state index contributed by atoms with van der Waals surface area (Å²) in [6, 6.07) is 8.45. The minimum atomic E-state index is 0.246. The molecule has 6 nitrogen and oxygen atoms in total. The van der Waals surface area contributed by atoms with Crippen molar-refractivity contribution in [3.63, 3.8) is 0 Å². The highest BCUT2D eigenvalue weighted by Crippen LogP contribution is 2.26. The second-order valence-corrected chi connectivity index (χ2v) is 7.94. The highest BCUT2D eigenvalue weighted by atomic mass is 16.2. The van der Waals surface area contributed by atoms with Crippen LogP contribution >= 0.6 is 0 Å². The molecule has 146 valence electrons. The number of hydrogen-bond donors (Lipinski definition) is 0. The molecule has 1 unspecified atom stereocenters. The first-order valence-corrected chi connectivity index (χ1v) is 9.80. The number of amides is 1. The Labute approximate surface area is 162 Å². The molecule has 1 aromatic carbocycles. The molecule has 1 fully saturated rings. The lowest BCUT2D eigenvalue weighted by atomic mass is 9.96. The third-order valence-corrected chi connectivity index (χ3v) is 5.34. The van der Waals surface area contributed by atoms with Crippen LogP contribution in [0.1, 0.15) is 48.0 Å². The summed E-state index contributed by atoms with van der Waals surface area (Å²) >= 11 is 0. The van der Waals surface area contributed by atoms with Crippen molar-refractivity contribution in [3.8, 4) is 0 Å². The third-order valence-electron chi connectivity index (χ3n) is 5.34. The summed E-state index contributed by atoms with van der Waals surface area (Å²) in [7, 11) is 6.10. The maximum Gasteiger partial charge on any atom is 0.222 e. The Balaban J connectivity index is 1.59. The molecule has 0 N–H and O–H groups in total. The van der Waals surface area contributed by atoms with E-state index in [1.165, 1.54) is 11.1 Å². The van der Waals surface area contributed by atoms with E-state index in [0.29, 0.717) is 6.42 Å². The van der Waals surface area contributed by atoms with Gasteiger partial charge in [-0.25, -0.2) is 0 Å². The van der Waals surface area contributed by atoms with Crippen LogP contribution in [-0.4, -0.2) is 57.7 Å². The van der Waals surface area contributed by atoms with E-state index in [1.807, 2.05) is 26.0 Å². The number of carbonyl (C=O) groups is 1. The Morgan fingerprint density at radius 3 is 2.67 bits per heavy atom. The number of likely N-dealkylation sites (tertiary alicyclic amines) is 1. The predicted molar refractivity (Wildman–Crippen MR) is 106 cm³/mol. The van der Waals surface area contributed by atoms with Gasteiger partial charge in [0.1, 0.15) is 11.6 Å². The second-order valence-electron chi connectivity index (χ2n) is 7.94. The molecule has 0 aliphatic carbocycles. The highest BCUT2D eigenvalue weighted by Gasteiger charge is 2.28. The smallest absolute Gasteiger partial charge is 0.222 e. The molecule has 0 bridgehead atoms. The average molecular weight is 370 g/mol. The zero-order valence-corrected chi connectivity index (χ0v) is 17.0. The molecule has 1 aliphatic heterocycles. The first-order valence-electron chi connectivity index (χ1n) is 9.80. The minimum absolute atomic E-state index is 0.246. The number of benzene rings is 1. The van der Waals surface area contributed by atoms with Crippen LogP contribution in [0.3, 0.4) is 0 Å².